The summed E-state index contributed by atoms with van der Waals surface area (Å²) in [6.07, 6.45) is 2.24. The molecule has 1 unspecified atom stereocenters. The van der Waals surface area contributed by atoms with Crippen LogP contribution in [-0.4, -0.2) is 36.0 Å². The predicted molar refractivity (Wildman–Crippen MR) is 76.1 cm³/mol. The number of halogens is 1. The van der Waals surface area contributed by atoms with Crippen LogP contribution in [0.1, 0.15) is 36.5 Å². The highest BCUT2D eigenvalue weighted by molar-refractivity contribution is 5.97. The van der Waals surface area contributed by atoms with Gasteiger partial charge in [-0.1, -0.05) is 0 Å². The number of hydrogen-bond donors (Lipinski definition) is 1. The fourth-order valence-electron chi connectivity index (χ4n) is 2.56. The number of amides is 1. The molecule has 2 N–H and O–H groups in total. The summed E-state index contributed by atoms with van der Waals surface area (Å²) in [5.41, 5.74) is 5.91. The highest BCUT2D eigenvalue weighted by Gasteiger charge is 2.33. The Labute approximate surface area is 122 Å². The van der Waals surface area contributed by atoms with Crippen molar-refractivity contribution in [2.75, 3.05) is 18.9 Å². The van der Waals surface area contributed by atoms with Gasteiger partial charge < -0.3 is 15.4 Å². The predicted octanol–water partition coefficient (Wildman–Crippen LogP) is 1.97. The molecule has 1 aromatic rings. The molecule has 114 valence electrons. The van der Waals surface area contributed by atoms with Crippen LogP contribution >= 0.6 is 0 Å². The molecule has 0 radical (unpaired) electrons. The minimum Gasteiger partial charge on any atom is -0.464 e. The Morgan fingerprint density at radius 1 is 1.38 bits per heavy atom. The first-order valence-corrected chi connectivity index (χ1v) is 7.06. The van der Waals surface area contributed by atoms with Gasteiger partial charge in [-0.3, -0.25) is 4.79 Å². The molecule has 1 atom stereocenters. The zero-order valence-electron chi connectivity index (χ0n) is 12.0. The van der Waals surface area contributed by atoms with Gasteiger partial charge in [-0.2, -0.15) is 0 Å². The Morgan fingerprint density at radius 2 is 2.14 bits per heavy atom. The van der Waals surface area contributed by atoms with Crippen LogP contribution in [0.3, 0.4) is 0 Å². The van der Waals surface area contributed by atoms with Crippen LogP contribution in [0.15, 0.2) is 18.2 Å². The molecule has 5 nitrogen and oxygen atoms in total. The van der Waals surface area contributed by atoms with Crippen molar-refractivity contribution >= 4 is 17.6 Å². The van der Waals surface area contributed by atoms with Gasteiger partial charge in [0.1, 0.15) is 11.9 Å². The Kier molecular flexibility index (Phi) is 4.77. The lowest BCUT2D eigenvalue weighted by Gasteiger charge is -2.34. The van der Waals surface area contributed by atoms with E-state index in [1.54, 1.807) is 6.92 Å². The summed E-state index contributed by atoms with van der Waals surface area (Å²) in [4.78, 5) is 25.9. The molecule has 1 amide bonds. The van der Waals surface area contributed by atoms with Crippen molar-refractivity contribution in [3.8, 4) is 0 Å². The number of hydrogen-bond acceptors (Lipinski definition) is 4. The molecule has 0 bridgehead atoms. The standard InChI is InChI=1S/C15H19FN2O3/c1-2-21-15(20)13-5-3-4-6-18(13)14(19)10-7-11(16)9-12(17)8-10/h7-9,13H,2-6,17H2,1H3. The molecule has 0 aromatic heterocycles. The number of nitrogen functional groups attached to an aromatic ring is 1. The Balaban J connectivity index is 2.24. The van der Waals surface area contributed by atoms with E-state index in [-0.39, 0.29) is 23.8 Å². The first-order valence-electron chi connectivity index (χ1n) is 7.06. The second-order valence-electron chi connectivity index (χ2n) is 5.04. The fraction of sp³-hybridized carbons (Fsp3) is 0.467. The second-order valence-corrected chi connectivity index (χ2v) is 5.04. The van der Waals surface area contributed by atoms with E-state index >= 15 is 0 Å². The summed E-state index contributed by atoms with van der Waals surface area (Å²) in [6, 6.07) is 3.10. The lowest BCUT2D eigenvalue weighted by Crippen LogP contribution is -2.48. The average Bonchev–Trinajstić information content (AvgIpc) is 2.45. The summed E-state index contributed by atoms with van der Waals surface area (Å²) in [5.74, 6) is -1.36. The van der Waals surface area contributed by atoms with Crippen LogP contribution in [0.4, 0.5) is 10.1 Å². The molecule has 21 heavy (non-hydrogen) atoms. The minimum atomic E-state index is -0.601. The van der Waals surface area contributed by atoms with E-state index in [0.29, 0.717) is 13.0 Å². The molecule has 2 rings (SSSR count). The van der Waals surface area contributed by atoms with E-state index < -0.39 is 17.8 Å². The van der Waals surface area contributed by atoms with Gasteiger partial charge in [0.15, 0.2) is 0 Å². The van der Waals surface area contributed by atoms with E-state index in [9.17, 15) is 14.0 Å². The number of piperidine rings is 1. The van der Waals surface area contributed by atoms with Crippen molar-refractivity contribution in [2.45, 2.75) is 32.2 Å². The average molecular weight is 294 g/mol. The van der Waals surface area contributed by atoms with Crippen LogP contribution in [0.2, 0.25) is 0 Å². The van der Waals surface area contributed by atoms with Crippen molar-refractivity contribution in [2.24, 2.45) is 0 Å². The number of carbonyl (C=O) groups is 2. The van der Waals surface area contributed by atoms with Gasteiger partial charge in [0.25, 0.3) is 5.91 Å². The number of ether oxygens (including phenoxy) is 1. The SMILES string of the molecule is CCOC(=O)C1CCCCN1C(=O)c1cc(N)cc(F)c1. The number of anilines is 1. The smallest absolute Gasteiger partial charge is 0.328 e. The first kappa shape index (κ1) is 15.3. The van der Waals surface area contributed by atoms with Gasteiger partial charge >= 0.3 is 5.97 Å². The first-order chi connectivity index (χ1) is 10.0. The van der Waals surface area contributed by atoms with Gasteiger partial charge in [-0.15, -0.1) is 0 Å². The quantitative estimate of drug-likeness (QED) is 0.683. The second kappa shape index (κ2) is 6.56. The molecule has 1 saturated heterocycles. The van der Waals surface area contributed by atoms with Gasteiger partial charge in [0, 0.05) is 17.8 Å². The monoisotopic (exact) mass is 294 g/mol. The highest BCUT2D eigenvalue weighted by Crippen LogP contribution is 2.22. The zero-order valence-corrected chi connectivity index (χ0v) is 12.0. The maximum Gasteiger partial charge on any atom is 0.328 e. The van der Waals surface area contributed by atoms with Gasteiger partial charge in [0.2, 0.25) is 0 Å². The van der Waals surface area contributed by atoms with Crippen LogP contribution in [0.5, 0.6) is 0 Å². The lowest BCUT2D eigenvalue weighted by atomic mass is 10.0. The number of nitrogens with two attached hydrogens (primary N) is 1. The Hall–Kier alpha value is -2.11. The van der Waals surface area contributed by atoms with Crippen molar-refractivity contribution in [3.63, 3.8) is 0 Å². The molecule has 1 fully saturated rings. The van der Waals surface area contributed by atoms with E-state index in [4.69, 9.17) is 10.5 Å². The summed E-state index contributed by atoms with van der Waals surface area (Å²) in [5, 5.41) is 0. The topological polar surface area (TPSA) is 72.6 Å². The van der Waals surface area contributed by atoms with E-state index in [2.05, 4.69) is 0 Å². The van der Waals surface area contributed by atoms with Gasteiger partial charge in [-0.05, 0) is 44.4 Å². The minimum absolute atomic E-state index is 0.156. The van der Waals surface area contributed by atoms with Crippen LogP contribution in [-0.2, 0) is 9.53 Å². The van der Waals surface area contributed by atoms with Gasteiger partial charge in [0.05, 0.1) is 6.61 Å². The lowest BCUT2D eigenvalue weighted by molar-refractivity contribution is -0.149. The van der Waals surface area contributed by atoms with Crippen LogP contribution < -0.4 is 5.73 Å². The molecule has 0 saturated carbocycles. The number of esters is 1. The molecule has 0 spiro atoms. The van der Waals surface area contributed by atoms with Crippen LogP contribution in [0.25, 0.3) is 0 Å². The summed E-state index contributed by atoms with van der Waals surface area (Å²) in [7, 11) is 0. The molecule has 1 aliphatic rings. The number of benzene rings is 1. The summed E-state index contributed by atoms with van der Waals surface area (Å²) < 4.78 is 18.4. The molecule has 1 heterocycles. The molecule has 1 aromatic carbocycles. The molecule has 6 heteroatoms. The number of rotatable bonds is 3. The highest BCUT2D eigenvalue weighted by atomic mass is 19.1. The largest absolute Gasteiger partial charge is 0.464 e. The van der Waals surface area contributed by atoms with Crippen LogP contribution in [0, 0.1) is 5.82 Å². The fourth-order valence-corrected chi connectivity index (χ4v) is 2.56. The van der Waals surface area contributed by atoms with E-state index in [1.807, 2.05) is 0 Å². The maximum absolute atomic E-state index is 13.4. The third-order valence-electron chi connectivity index (χ3n) is 3.49. The Bertz CT molecular complexity index is 527. The number of likely N-dealkylation sites (tertiary alicyclic amines) is 1. The summed E-state index contributed by atoms with van der Waals surface area (Å²) in [6.45, 7) is 2.45. The molecular formula is C15H19FN2O3. The van der Waals surface area contributed by atoms with Crippen molar-refractivity contribution in [3.05, 3.63) is 29.6 Å². The maximum atomic E-state index is 13.4. The number of nitrogens with zero attached hydrogens (tertiary/aromatic N) is 1. The third-order valence-corrected chi connectivity index (χ3v) is 3.49. The van der Waals surface area contributed by atoms with Crippen molar-refractivity contribution in [1.29, 1.82) is 0 Å². The summed E-state index contributed by atoms with van der Waals surface area (Å²) >= 11 is 0. The van der Waals surface area contributed by atoms with Gasteiger partial charge in [-0.25, -0.2) is 9.18 Å². The molecule has 1 aliphatic heterocycles. The third kappa shape index (κ3) is 3.51. The molecular weight excluding hydrogens is 275 g/mol. The number of carbonyl (C=O) groups excluding carboxylic acids is 2. The molecule has 0 aliphatic carbocycles. The van der Waals surface area contributed by atoms with E-state index in [0.717, 1.165) is 25.0 Å². The van der Waals surface area contributed by atoms with E-state index in [1.165, 1.54) is 11.0 Å². The van der Waals surface area contributed by atoms with Crippen molar-refractivity contribution < 1.29 is 18.7 Å². The Morgan fingerprint density at radius 3 is 2.81 bits per heavy atom. The normalized spacial score (nSPS) is 18.4. The van der Waals surface area contributed by atoms with Crippen molar-refractivity contribution in [1.82, 2.24) is 4.90 Å². The zero-order chi connectivity index (χ0) is 15.4.